The zero-order valence-electron chi connectivity index (χ0n) is 14.2. The van der Waals surface area contributed by atoms with Gasteiger partial charge in [0.15, 0.2) is 11.6 Å². The molecule has 2 N–H and O–H groups in total. The molecule has 0 saturated heterocycles. The molecule has 5 nitrogen and oxygen atoms in total. The first-order chi connectivity index (χ1) is 12.4. The monoisotopic (exact) mass is 354 g/mol. The molecule has 3 rings (SSSR count). The van der Waals surface area contributed by atoms with E-state index in [9.17, 15) is 13.6 Å². The summed E-state index contributed by atoms with van der Waals surface area (Å²) in [5, 5.41) is 5.58. The highest BCUT2D eigenvalue weighted by Crippen LogP contribution is 2.21. The number of carbonyl (C=O) groups excluding carboxylic acids is 1. The number of carbonyl (C=O) groups is 1. The number of anilines is 3. The number of aryl methyl sites for hydroxylation is 2. The predicted octanol–water partition coefficient (Wildman–Crippen LogP) is 4.37. The van der Waals surface area contributed by atoms with Crippen molar-refractivity contribution in [1.29, 1.82) is 0 Å². The highest BCUT2D eigenvalue weighted by Gasteiger charge is 2.12. The average Bonchev–Trinajstić information content (AvgIpc) is 2.61. The molecular weight excluding hydrogens is 338 g/mol. The van der Waals surface area contributed by atoms with Crippen LogP contribution in [-0.2, 0) is 0 Å². The molecule has 3 aromatic rings. The number of nitrogens with one attached hydrogen (secondary N) is 2. The Balaban J connectivity index is 1.80. The van der Waals surface area contributed by atoms with Gasteiger partial charge in [-0.25, -0.2) is 18.7 Å². The molecule has 0 bridgehead atoms. The maximum atomic E-state index is 13.3. The van der Waals surface area contributed by atoms with Crippen molar-refractivity contribution in [2.24, 2.45) is 0 Å². The summed E-state index contributed by atoms with van der Waals surface area (Å²) in [5.41, 5.74) is 3.02. The summed E-state index contributed by atoms with van der Waals surface area (Å²) in [6.07, 6.45) is 1.41. The summed E-state index contributed by atoms with van der Waals surface area (Å²) >= 11 is 0. The van der Waals surface area contributed by atoms with E-state index in [0.29, 0.717) is 0 Å². The van der Waals surface area contributed by atoms with E-state index in [1.165, 1.54) is 18.3 Å². The normalized spacial score (nSPS) is 10.5. The summed E-state index contributed by atoms with van der Waals surface area (Å²) in [6, 6.07) is 10.5. The number of benzene rings is 2. The van der Waals surface area contributed by atoms with Crippen LogP contribution in [0.5, 0.6) is 0 Å². The van der Waals surface area contributed by atoms with Crippen LogP contribution in [-0.4, -0.2) is 15.9 Å². The minimum atomic E-state index is -0.987. The van der Waals surface area contributed by atoms with Gasteiger partial charge in [-0.3, -0.25) is 4.79 Å². The lowest BCUT2D eigenvalue weighted by atomic mass is 10.1. The lowest BCUT2D eigenvalue weighted by Gasteiger charge is -2.11. The molecule has 0 aliphatic rings. The molecule has 1 aromatic heterocycles. The Bertz CT molecular complexity index is 955. The molecule has 2 aromatic carbocycles. The maximum Gasteiger partial charge on any atom is 0.274 e. The summed E-state index contributed by atoms with van der Waals surface area (Å²) in [6.45, 7) is 3.80. The largest absolute Gasteiger partial charge is 0.324 e. The molecule has 132 valence electrons. The smallest absolute Gasteiger partial charge is 0.274 e. The van der Waals surface area contributed by atoms with E-state index in [4.69, 9.17) is 0 Å². The lowest BCUT2D eigenvalue weighted by molar-refractivity contribution is 0.102. The fourth-order valence-electron chi connectivity index (χ4n) is 2.44. The van der Waals surface area contributed by atoms with Crippen LogP contribution in [0.1, 0.15) is 21.6 Å². The zero-order chi connectivity index (χ0) is 18.7. The average molecular weight is 354 g/mol. The van der Waals surface area contributed by atoms with Crippen molar-refractivity contribution >= 4 is 23.2 Å². The Morgan fingerprint density at radius 1 is 1.00 bits per heavy atom. The molecule has 0 atom stereocenters. The number of hydrogen-bond donors (Lipinski definition) is 2. The highest BCUT2D eigenvalue weighted by molar-refractivity contribution is 6.03. The number of hydrogen-bond acceptors (Lipinski definition) is 4. The van der Waals surface area contributed by atoms with Crippen LogP contribution in [0.4, 0.5) is 26.1 Å². The second-order valence-electron chi connectivity index (χ2n) is 5.74. The van der Waals surface area contributed by atoms with Gasteiger partial charge in [0.1, 0.15) is 5.69 Å². The number of para-hydroxylation sites is 1. The molecule has 26 heavy (non-hydrogen) atoms. The summed E-state index contributed by atoms with van der Waals surface area (Å²) in [5.74, 6) is -2.22. The standard InChI is InChI=1S/C19H16F2N4O/c1-11-4-3-5-12(2)17(11)25-18(26)16-8-9-22-19(24-16)23-13-6-7-14(20)15(21)10-13/h3-10H,1-2H3,(H,25,26)(H,22,23,24). The van der Waals surface area contributed by atoms with E-state index in [2.05, 4.69) is 20.6 Å². The summed E-state index contributed by atoms with van der Waals surface area (Å²) in [7, 11) is 0. The molecule has 0 unspecified atom stereocenters. The number of amides is 1. The van der Waals surface area contributed by atoms with E-state index in [0.717, 1.165) is 28.9 Å². The van der Waals surface area contributed by atoms with Crippen LogP contribution in [0.15, 0.2) is 48.7 Å². The van der Waals surface area contributed by atoms with Crippen LogP contribution in [0.25, 0.3) is 0 Å². The van der Waals surface area contributed by atoms with Crippen molar-refractivity contribution in [1.82, 2.24) is 9.97 Å². The van der Waals surface area contributed by atoms with Crippen LogP contribution in [0.3, 0.4) is 0 Å². The molecule has 7 heteroatoms. The molecular formula is C19H16F2N4O. The number of rotatable bonds is 4. The van der Waals surface area contributed by atoms with Gasteiger partial charge in [-0.1, -0.05) is 18.2 Å². The minimum Gasteiger partial charge on any atom is -0.324 e. The van der Waals surface area contributed by atoms with E-state index >= 15 is 0 Å². The van der Waals surface area contributed by atoms with E-state index in [-0.39, 0.29) is 17.3 Å². The van der Waals surface area contributed by atoms with Crippen molar-refractivity contribution in [3.05, 3.63) is 77.1 Å². The zero-order valence-corrected chi connectivity index (χ0v) is 14.2. The van der Waals surface area contributed by atoms with Gasteiger partial charge in [0.2, 0.25) is 5.95 Å². The Morgan fingerprint density at radius 2 is 1.73 bits per heavy atom. The third kappa shape index (κ3) is 3.83. The molecule has 0 spiro atoms. The molecule has 1 heterocycles. The molecule has 0 saturated carbocycles. The SMILES string of the molecule is Cc1cccc(C)c1NC(=O)c1ccnc(Nc2ccc(F)c(F)c2)n1. The Labute approximate surface area is 149 Å². The maximum absolute atomic E-state index is 13.3. The van der Waals surface area contributed by atoms with Gasteiger partial charge in [-0.15, -0.1) is 0 Å². The van der Waals surface area contributed by atoms with Crippen LogP contribution < -0.4 is 10.6 Å². The van der Waals surface area contributed by atoms with Gasteiger partial charge in [0.05, 0.1) is 0 Å². The summed E-state index contributed by atoms with van der Waals surface area (Å²) < 4.78 is 26.3. The van der Waals surface area contributed by atoms with E-state index in [1.54, 1.807) is 0 Å². The van der Waals surface area contributed by atoms with E-state index < -0.39 is 17.5 Å². The molecule has 0 aliphatic heterocycles. The Kier molecular flexibility index (Phi) is 4.88. The van der Waals surface area contributed by atoms with Gasteiger partial charge in [0, 0.05) is 23.6 Å². The number of halogens is 2. The fraction of sp³-hybridized carbons (Fsp3) is 0.105. The van der Waals surface area contributed by atoms with Crippen LogP contribution >= 0.6 is 0 Å². The molecule has 1 amide bonds. The second kappa shape index (κ2) is 7.26. The highest BCUT2D eigenvalue weighted by atomic mass is 19.2. The summed E-state index contributed by atoms with van der Waals surface area (Å²) in [4.78, 5) is 20.6. The predicted molar refractivity (Wildman–Crippen MR) is 95.5 cm³/mol. The molecule has 0 radical (unpaired) electrons. The third-order valence-electron chi connectivity index (χ3n) is 3.78. The van der Waals surface area contributed by atoms with Gasteiger partial charge < -0.3 is 10.6 Å². The van der Waals surface area contributed by atoms with Gasteiger partial charge in [-0.2, -0.15) is 0 Å². The first-order valence-electron chi connectivity index (χ1n) is 7.87. The molecule has 0 aliphatic carbocycles. The van der Waals surface area contributed by atoms with Crippen molar-refractivity contribution in [2.45, 2.75) is 13.8 Å². The van der Waals surface area contributed by atoms with Crippen molar-refractivity contribution < 1.29 is 13.6 Å². The van der Waals surface area contributed by atoms with Gasteiger partial charge >= 0.3 is 0 Å². The lowest BCUT2D eigenvalue weighted by Crippen LogP contribution is -2.16. The van der Waals surface area contributed by atoms with Crippen molar-refractivity contribution in [3.63, 3.8) is 0 Å². The van der Waals surface area contributed by atoms with Gasteiger partial charge in [0.25, 0.3) is 5.91 Å². The fourth-order valence-corrected chi connectivity index (χ4v) is 2.44. The minimum absolute atomic E-state index is 0.102. The molecule has 0 fully saturated rings. The number of nitrogens with zero attached hydrogens (tertiary/aromatic N) is 2. The second-order valence-corrected chi connectivity index (χ2v) is 5.74. The first kappa shape index (κ1) is 17.5. The quantitative estimate of drug-likeness (QED) is 0.730. The van der Waals surface area contributed by atoms with Crippen LogP contribution in [0.2, 0.25) is 0 Å². The number of aromatic nitrogens is 2. The first-order valence-corrected chi connectivity index (χ1v) is 7.87. The van der Waals surface area contributed by atoms with Crippen LogP contribution in [0, 0.1) is 25.5 Å². The van der Waals surface area contributed by atoms with E-state index in [1.807, 2.05) is 32.0 Å². The topological polar surface area (TPSA) is 66.9 Å². The van der Waals surface area contributed by atoms with Crippen molar-refractivity contribution in [2.75, 3.05) is 10.6 Å². The third-order valence-corrected chi connectivity index (χ3v) is 3.78. The van der Waals surface area contributed by atoms with Crippen molar-refractivity contribution in [3.8, 4) is 0 Å². The Hall–Kier alpha value is -3.35. The van der Waals surface area contributed by atoms with Gasteiger partial charge in [-0.05, 0) is 43.2 Å². The Morgan fingerprint density at radius 3 is 2.42 bits per heavy atom.